The Kier molecular flexibility index (Phi) is 3.35. The minimum Gasteiger partial charge on any atom is -0.451 e. The third kappa shape index (κ3) is 2.54. The van der Waals surface area contributed by atoms with Gasteiger partial charge < -0.3 is 9.40 Å². The summed E-state index contributed by atoms with van der Waals surface area (Å²) in [7, 11) is 0. The number of H-pyrrole nitrogens is 1. The van der Waals surface area contributed by atoms with Crippen LogP contribution < -0.4 is 5.32 Å². The van der Waals surface area contributed by atoms with E-state index in [1.807, 2.05) is 24.3 Å². The lowest BCUT2D eigenvalue weighted by molar-refractivity contribution is 0.0996. The number of benzene rings is 2. The normalized spacial score (nSPS) is 10.9. The number of aromatic amines is 1. The van der Waals surface area contributed by atoms with Gasteiger partial charge in [0.1, 0.15) is 11.6 Å². The molecule has 0 aliphatic rings. The number of nitrogens with one attached hydrogen (secondary N) is 2. The van der Waals surface area contributed by atoms with Crippen molar-refractivity contribution in [3.63, 3.8) is 0 Å². The lowest BCUT2D eigenvalue weighted by Crippen LogP contribution is -2.11. The molecule has 5 nitrogen and oxygen atoms in total. The molecule has 2 heterocycles. The molecule has 0 saturated heterocycles. The highest BCUT2D eigenvalue weighted by molar-refractivity contribution is 6.02. The first-order valence-electron chi connectivity index (χ1n) is 7.31. The summed E-state index contributed by atoms with van der Waals surface area (Å²) in [5, 5.41) is 2.63. The molecule has 0 spiro atoms. The molecule has 4 aromatic rings. The molecule has 0 atom stereocenters. The second-order valence-corrected chi connectivity index (χ2v) is 5.20. The molecule has 4 rings (SSSR count). The molecule has 0 radical (unpaired) electrons. The van der Waals surface area contributed by atoms with E-state index in [2.05, 4.69) is 15.3 Å². The summed E-state index contributed by atoms with van der Waals surface area (Å²) in [6.45, 7) is 0. The molecule has 6 heteroatoms. The van der Waals surface area contributed by atoms with Gasteiger partial charge in [0, 0.05) is 0 Å². The second kappa shape index (κ2) is 5.66. The molecule has 0 unspecified atom stereocenters. The van der Waals surface area contributed by atoms with E-state index in [0.29, 0.717) is 17.3 Å². The predicted molar refractivity (Wildman–Crippen MR) is 88.1 cm³/mol. The molecule has 24 heavy (non-hydrogen) atoms. The number of aromatic nitrogens is 2. The van der Waals surface area contributed by atoms with Gasteiger partial charge in [-0.15, -0.1) is 0 Å². The van der Waals surface area contributed by atoms with Crippen molar-refractivity contribution < 1.29 is 13.6 Å². The molecule has 0 fully saturated rings. The number of para-hydroxylation sites is 2. The highest BCUT2D eigenvalue weighted by Gasteiger charge is 2.15. The number of furan rings is 1. The Bertz CT molecular complexity index is 1000. The number of anilines is 1. The van der Waals surface area contributed by atoms with Crippen molar-refractivity contribution >= 4 is 22.9 Å². The molecule has 2 aromatic heterocycles. The number of hydrogen-bond acceptors (Lipinski definition) is 3. The van der Waals surface area contributed by atoms with Crippen LogP contribution in [0.1, 0.15) is 10.6 Å². The van der Waals surface area contributed by atoms with Crippen LogP contribution in [0.4, 0.5) is 10.3 Å². The van der Waals surface area contributed by atoms with Crippen molar-refractivity contribution in [2.24, 2.45) is 0 Å². The van der Waals surface area contributed by atoms with Gasteiger partial charge in [0.2, 0.25) is 5.95 Å². The maximum Gasteiger partial charge on any atom is 0.293 e. The van der Waals surface area contributed by atoms with E-state index in [1.165, 1.54) is 12.1 Å². The molecule has 0 aliphatic carbocycles. The van der Waals surface area contributed by atoms with Gasteiger partial charge in [0.15, 0.2) is 5.76 Å². The Morgan fingerprint density at radius 3 is 2.67 bits per heavy atom. The molecule has 2 aromatic carbocycles. The van der Waals surface area contributed by atoms with Gasteiger partial charge in [-0.2, -0.15) is 0 Å². The number of fused-ring (bicyclic) bond motifs is 1. The van der Waals surface area contributed by atoms with Gasteiger partial charge in [-0.25, -0.2) is 9.37 Å². The third-order valence-electron chi connectivity index (χ3n) is 3.59. The summed E-state index contributed by atoms with van der Waals surface area (Å²) >= 11 is 0. The van der Waals surface area contributed by atoms with Crippen molar-refractivity contribution in [2.75, 3.05) is 5.32 Å². The average molecular weight is 321 g/mol. The predicted octanol–water partition coefficient (Wildman–Crippen LogP) is 4.21. The maximum absolute atomic E-state index is 13.8. The van der Waals surface area contributed by atoms with Gasteiger partial charge in [-0.05, 0) is 36.4 Å². The van der Waals surface area contributed by atoms with Crippen molar-refractivity contribution in [3.8, 4) is 11.3 Å². The number of hydrogen-bond donors (Lipinski definition) is 2. The van der Waals surface area contributed by atoms with Crippen LogP contribution in [0.2, 0.25) is 0 Å². The van der Waals surface area contributed by atoms with E-state index >= 15 is 0 Å². The number of nitrogens with zero attached hydrogens (tertiary/aromatic N) is 1. The summed E-state index contributed by atoms with van der Waals surface area (Å²) in [4.78, 5) is 19.5. The summed E-state index contributed by atoms with van der Waals surface area (Å²) in [6, 6.07) is 16.7. The lowest BCUT2D eigenvalue weighted by atomic mass is 10.1. The Morgan fingerprint density at radius 1 is 1.04 bits per heavy atom. The zero-order valence-electron chi connectivity index (χ0n) is 12.4. The minimum absolute atomic E-state index is 0.0775. The van der Waals surface area contributed by atoms with Crippen LogP contribution >= 0.6 is 0 Å². The number of carbonyl (C=O) groups is 1. The van der Waals surface area contributed by atoms with Crippen molar-refractivity contribution in [2.45, 2.75) is 0 Å². The third-order valence-corrected chi connectivity index (χ3v) is 3.59. The zero-order chi connectivity index (χ0) is 16.5. The van der Waals surface area contributed by atoms with Crippen molar-refractivity contribution in [1.82, 2.24) is 9.97 Å². The Labute approximate surface area is 136 Å². The van der Waals surface area contributed by atoms with E-state index in [9.17, 15) is 9.18 Å². The first-order chi connectivity index (χ1) is 11.7. The maximum atomic E-state index is 13.8. The smallest absolute Gasteiger partial charge is 0.293 e. The summed E-state index contributed by atoms with van der Waals surface area (Å²) < 4.78 is 19.2. The molecular weight excluding hydrogens is 309 g/mol. The minimum atomic E-state index is -0.461. The highest BCUT2D eigenvalue weighted by Crippen LogP contribution is 2.25. The second-order valence-electron chi connectivity index (χ2n) is 5.20. The quantitative estimate of drug-likeness (QED) is 0.593. The van der Waals surface area contributed by atoms with Crippen LogP contribution in [-0.4, -0.2) is 15.9 Å². The first kappa shape index (κ1) is 14.2. The Hall–Kier alpha value is -3.41. The van der Waals surface area contributed by atoms with Crippen LogP contribution in [0.25, 0.3) is 22.4 Å². The van der Waals surface area contributed by atoms with E-state index in [1.54, 1.807) is 24.3 Å². The van der Waals surface area contributed by atoms with Crippen LogP contribution in [0.3, 0.4) is 0 Å². The van der Waals surface area contributed by atoms with E-state index < -0.39 is 11.7 Å². The standard InChI is InChI=1S/C18H12FN3O2/c19-12-6-2-1-5-11(12)15-9-10-16(24-15)17(23)22-18-20-13-7-3-4-8-14(13)21-18/h1-10H,(H2,20,21,22,23). The first-order valence-corrected chi connectivity index (χ1v) is 7.31. The average Bonchev–Trinajstić information content (AvgIpc) is 3.21. The van der Waals surface area contributed by atoms with Gasteiger partial charge in [-0.1, -0.05) is 24.3 Å². The number of rotatable bonds is 3. The van der Waals surface area contributed by atoms with E-state index in [4.69, 9.17) is 4.42 Å². The van der Waals surface area contributed by atoms with Crippen LogP contribution in [0.15, 0.2) is 65.1 Å². The van der Waals surface area contributed by atoms with Crippen LogP contribution in [-0.2, 0) is 0 Å². The SMILES string of the molecule is O=C(Nc1nc2ccccc2[nH]1)c1ccc(-c2ccccc2F)o1. The summed E-state index contributed by atoms with van der Waals surface area (Å²) in [5.74, 6) is -0.172. The van der Waals surface area contributed by atoms with Gasteiger partial charge >= 0.3 is 0 Å². The molecule has 118 valence electrons. The van der Waals surface area contributed by atoms with Crippen molar-refractivity contribution in [1.29, 1.82) is 0 Å². The monoisotopic (exact) mass is 321 g/mol. The highest BCUT2D eigenvalue weighted by atomic mass is 19.1. The molecule has 0 aliphatic heterocycles. The molecule has 0 bridgehead atoms. The largest absolute Gasteiger partial charge is 0.451 e. The zero-order valence-corrected chi connectivity index (χ0v) is 12.4. The van der Waals surface area contributed by atoms with Crippen molar-refractivity contribution in [3.05, 3.63) is 72.2 Å². The fourth-order valence-corrected chi connectivity index (χ4v) is 2.45. The summed E-state index contributed by atoms with van der Waals surface area (Å²) in [6.07, 6.45) is 0. The molecule has 1 amide bonds. The summed E-state index contributed by atoms with van der Waals surface area (Å²) in [5.41, 5.74) is 1.87. The number of amides is 1. The van der Waals surface area contributed by atoms with Crippen LogP contribution in [0, 0.1) is 5.82 Å². The Balaban J connectivity index is 1.58. The van der Waals surface area contributed by atoms with E-state index in [-0.39, 0.29) is 5.76 Å². The van der Waals surface area contributed by atoms with Gasteiger partial charge in [0.25, 0.3) is 5.91 Å². The lowest BCUT2D eigenvalue weighted by Gasteiger charge is -2.00. The number of carbonyl (C=O) groups excluding carboxylic acids is 1. The molecule has 2 N–H and O–H groups in total. The Morgan fingerprint density at radius 2 is 1.83 bits per heavy atom. The number of imidazole rings is 1. The molecular formula is C18H12FN3O2. The number of halogens is 1. The van der Waals surface area contributed by atoms with Gasteiger partial charge in [-0.3, -0.25) is 10.1 Å². The fourth-order valence-electron chi connectivity index (χ4n) is 2.45. The fraction of sp³-hybridized carbons (Fsp3) is 0. The van der Waals surface area contributed by atoms with E-state index in [0.717, 1.165) is 11.0 Å². The molecule has 0 saturated carbocycles. The van der Waals surface area contributed by atoms with Gasteiger partial charge in [0.05, 0.1) is 16.6 Å². The van der Waals surface area contributed by atoms with Crippen LogP contribution in [0.5, 0.6) is 0 Å². The topological polar surface area (TPSA) is 70.9 Å².